The van der Waals surface area contributed by atoms with E-state index in [1.165, 1.54) is 173 Å². The van der Waals surface area contributed by atoms with Crippen molar-refractivity contribution in [2.24, 2.45) is 0 Å². The summed E-state index contributed by atoms with van der Waals surface area (Å²) in [7, 11) is 0. The van der Waals surface area contributed by atoms with Crippen LogP contribution in [-0.4, -0.2) is 37.9 Å². The minimum absolute atomic E-state index is 0.0834. The van der Waals surface area contributed by atoms with Gasteiger partial charge in [0.1, 0.15) is 6.61 Å². The summed E-state index contributed by atoms with van der Waals surface area (Å²) in [5.74, 6) is -0.404. The van der Waals surface area contributed by atoms with Crippen LogP contribution in [0.3, 0.4) is 0 Å². The van der Waals surface area contributed by atoms with Gasteiger partial charge in [0, 0.05) is 19.4 Å². The molecule has 1 atom stereocenters. The molecule has 0 saturated carbocycles. The second-order valence-electron chi connectivity index (χ2n) is 16.7. The molecule has 5 nitrogen and oxygen atoms in total. The van der Waals surface area contributed by atoms with Crippen LogP contribution in [0.2, 0.25) is 0 Å². The largest absolute Gasteiger partial charge is 0.462 e. The molecule has 0 saturated heterocycles. The van der Waals surface area contributed by atoms with E-state index in [4.69, 9.17) is 14.2 Å². The van der Waals surface area contributed by atoms with Crippen LogP contribution in [0.4, 0.5) is 0 Å². The van der Waals surface area contributed by atoms with Crippen molar-refractivity contribution in [1.29, 1.82) is 0 Å². The molecule has 0 spiro atoms. The molecule has 330 valence electrons. The zero-order valence-corrected chi connectivity index (χ0v) is 37.9. The lowest BCUT2D eigenvalue weighted by molar-refractivity contribution is -0.163. The zero-order chi connectivity index (χ0) is 40.7. The molecule has 0 N–H and O–H groups in total. The molecule has 0 aliphatic carbocycles. The molecule has 0 aromatic rings. The average molecular weight is 789 g/mol. The number of hydrogen-bond acceptors (Lipinski definition) is 5. The Labute approximate surface area is 349 Å². The van der Waals surface area contributed by atoms with E-state index in [1.807, 2.05) is 0 Å². The van der Waals surface area contributed by atoms with Crippen LogP contribution in [-0.2, 0) is 23.8 Å². The highest BCUT2D eigenvalue weighted by Gasteiger charge is 2.17. The number of rotatable bonds is 46. The van der Waals surface area contributed by atoms with Crippen LogP contribution < -0.4 is 0 Å². The third-order valence-electron chi connectivity index (χ3n) is 11.0. The quantitative estimate of drug-likeness (QED) is 0.0349. The van der Waals surface area contributed by atoms with Crippen molar-refractivity contribution in [2.45, 2.75) is 271 Å². The van der Waals surface area contributed by atoms with Crippen LogP contribution in [0.15, 0.2) is 24.3 Å². The maximum absolute atomic E-state index is 12.7. The minimum atomic E-state index is -0.535. The van der Waals surface area contributed by atoms with E-state index >= 15 is 0 Å². The Hall–Kier alpha value is -1.62. The number of ether oxygens (including phenoxy) is 3. The lowest BCUT2D eigenvalue weighted by atomic mass is 10.1. The zero-order valence-electron chi connectivity index (χ0n) is 37.9. The van der Waals surface area contributed by atoms with Gasteiger partial charge in [0.25, 0.3) is 0 Å². The Morgan fingerprint density at radius 1 is 0.375 bits per heavy atom. The van der Waals surface area contributed by atoms with Gasteiger partial charge in [-0.05, 0) is 70.6 Å². The van der Waals surface area contributed by atoms with Gasteiger partial charge >= 0.3 is 11.9 Å². The molecule has 0 radical (unpaired) electrons. The van der Waals surface area contributed by atoms with Gasteiger partial charge in [0.2, 0.25) is 0 Å². The summed E-state index contributed by atoms with van der Waals surface area (Å²) < 4.78 is 17.3. The van der Waals surface area contributed by atoms with Crippen LogP contribution in [0, 0.1) is 0 Å². The summed E-state index contributed by atoms with van der Waals surface area (Å²) in [5, 5.41) is 0. The minimum Gasteiger partial charge on any atom is -0.462 e. The molecule has 1 unspecified atom stereocenters. The first kappa shape index (κ1) is 54.4. The topological polar surface area (TPSA) is 61.8 Å². The van der Waals surface area contributed by atoms with Gasteiger partial charge in [-0.2, -0.15) is 0 Å². The van der Waals surface area contributed by atoms with Crippen molar-refractivity contribution in [3.63, 3.8) is 0 Å². The molecule has 0 aliphatic heterocycles. The van der Waals surface area contributed by atoms with E-state index in [1.54, 1.807) is 0 Å². The third kappa shape index (κ3) is 45.1. The maximum Gasteiger partial charge on any atom is 0.306 e. The van der Waals surface area contributed by atoms with Gasteiger partial charge in [-0.25, -0.2) is 0 Å². The molecule has 0 heterocycles. The smallest absolute Gasteiger partial charge is 0.306 e. The summed E-state index contributed by atoms with van der Waals surface area (Å²) in [5.41, 5.74) is 0. The monoisotopic (exact) mass is 789 g/mol. The third-order valence-corrected chi connectivity index (χ3v) is 11.0. The number of unbranched alkanes of at least 4 members (excludes halogenated alkanes) is 31. The predicted molar refractivity (Wildman–Crippen MR) is 242 cm³/mol. The summed E-state index contributed by atoms with van der Waals surface area (Å²) in [6, 6.07) is 0. The van der Waals surface area contributed by atoms with Gasteiger partial charge in [-0.1, -0.05) is 206 Å². The van der Waals surface area contributed by atoms with Gasteiger partial charge in [0.05, 0.1) is 6.61 Å². The summed E-state index contributed by atoms with van der Waals surface area (Å²) in [6.07, 6.45) is 54.6. The second-order valence-corrected chi connectivity index (χ2v) is 16.7. The van der Waals surface area contributed by atoms with Crippen molar-refractivity contribution in [3.8, 4) is 0 Å². The molecule has 0 amide bonds. The highest BCUT2D eigenvalue weighted by molar-refractivity contribution is 5.70. The molecule has 0 rings (SSSR count). The fourth-order valence-electron chi connectivity index (χ4n) is 7.21. The molecule has 0 bridgehead atoms. The van der Waals surface area contributed by atoms with E-state index in [0.29, 0.717) is 19.4 Å². The Balaban J connectivity index is 4.22. The van der Waals surface area contributed by atoms with E-state index in [0.717, 1.165) is 57.8 Å². The lowest BCUT2D eigenvalue weighted by Gasteiger charge is -2.18. The molecule has 0 aromatic carbocycles. The van der Waals surface area contributed by atoms with E-state index in [2.05, 4.69) is 45.1 Å². The van der Waals surface area contributed by atoms with E-state index < -0.39 is 6.10 Å². The predicted octanol–water partition coefficient (Wildman–Crippen LogP) is 16.5. The first-order chi connectivity index (χ1) is 27.6. The first-order valence-corrected chi connectivity index (χ1v) is 24.9. The van der Waals surface area contributed by atoms with Crippen LogP contribution in [0.1, 0.15) is 265 Å². The molecule has 0 aliphatic rings. The van der Waals surface area contributed by atoms with Crippen LogP contribution >= 0.6 is 0 Å². The van der Waals surface area contributed by atoms with Crippen molar-refractivity contribution < 1.29 is 23.8 Å². The Morgan fingerprint density at radius 2 is 0.696 bits per heavy atom. The summed E-state index contributed by atoms with van der Waals surface area (Å²) >= 11 is 0. The Kier molecular flexibility index (Phi) is 46.4. The molecular formula is C51H96O5. The maximum atomic E-state index is 12.7. The second kappa shape index (κ2) is 47.8. The summed E-state index contributed by atoms with van der Waals surface area (Å²) in [6.45, 7) is 7.83. The molecule has 0 fully saturated rings. The Bertz CT molecular complexity index is 851. The first-order valence-electron chi connectivity index (χ1n) is 24.9. The SMILES string of the molecule is CCCCCCCC/C=C\CCCCCCCC(=O)OCC(COCCCCCCCCCCCC)OC(=O)CCCCCCC/C=C\CCCCCCCC. The summed E-state index contributed by atoms with van der Waals surface area (Å²) in [4.78, 5) is 25.3. The van der Waals surface area contributed by atoms with Crippen molar-refractivity contribution in [3.05, 3.63) is 24.3 Å². The normalized spacial score (nSPS) is 12.3. The average Bonchev–Trinajstić information content (AvgIpc) is 3.20. The Morgan fingerprint density at radius 3 is 1.09 bits per heavy atom. The number of carbonyl (C=O) groups excluding carboxylic acids is 2. The van der Waals surface area contributed by atoms with Gasteiger partial charge in [-0.15, -0.1) is 0 Å². The fourth-order valence-corrected chi connectivity index (χ4v) is 7.21. The number of carbonyl (C=O) groups is 2. The lowest BCUT2D eigenvalue weighted by Crippen LogP contribution is -2.30. The van der Waals surface area contributed by atoms with E-state index in [-0.39, 0.29) is 25.2 Å². The molecular weight excluding hydrogens is 693 g/mol. The number of hydrogen-bond donors (Lipinski definition) is 0. The van der Waals surface area contributed by atoms with Crippen LogP contribution in [0.5, 0.6) is 0 Å². The van der Waals surface area contributed by atoms with Crippen molar-refractivity contribution >= 4 is 11.9 Å². The van der Waals surface area contributed by atoms with Gasteiger partial charge < -0.3 is 14.2 Å². The fraction of sp³-hybridized carbons (Fsp3) is 0.882. The number of esters is 2. The van der Waals surface area contributed by atoms with Gasteiger partial charge in [-0.3, -0.25) is 9.59 Å². The van der Waals surface area contributed by atoms with Crippen molar-refractivity contribution in [2.75, 3.05) is 19.8 Å². The van der Waals surface area contributed by atoms with Crippen LogP contribution in [0.25, 0.3) is 0 Å². The van der Waals surface area contributed by atoms with Gasteiger partial charge in [0.15, 0.2) is 6.10 Å². The number of allylic oxidation sites excluding steroid dienone is 4. The molecule has 56 heavy (non-hydrogen) atoms. The highest BCUT2D eigenvalue weighted by atomic mass is 16.6. The van der Waals surface area contributed by atoms with Crippen molar-refractivity contribution in [1.82, 2.24) is 0 Å². The highest BCUT2D eigenvalue weighted by Crippen LogP contribution is 2.14. The molecule has 0 aromatic heterocycles. The van der Waals surface area contributed by atoms with E-state index in [9.17, 15) is 9.59 Å². The standard InChI is InChI=1S/C51H96O5/c1-4-7-10-13-16-19-22-24-26-28-30-32-35-38-41-44-50(52)55-48-49(47-54-46-43-40-37-34-21-18-15-12-9-6-3)56-51(53)45-42-39-36-33-31-29-27-25-23-20-17-14-11-8-5-2/h24-27,49H,4-23,28-48H2,1-3H3/b26-24-,27-25-. The molecule has 5 heteroatoms.